The smallest absolute Gasteiger partial charge is 0.226 e. The molecule has 0 atom stereocenters. The summed E-state index contributed by atoms with van der Waals surface area (Å²) in [6.07, 6.45) is 1.95. The third-order valence-corrected chi connectivity index (χ3v) is 5.55. The Morgan fingerprint density at radius 1 is 1.19 bits per heavy atom. The number of anilines is 1. The fourth-order valence-corrected chi connectivity index (χ4v) is 3.93. The van der Waals surface area contributed by atoms with Gasteiger partial charge in [0.15, 0.2) is 16.8 Å². The Hall–Kier alpha value is -3.52. The highest BCUT2D eigenvalue weighted by molar-refractivity contribution is 7.16. The molecule has 31 heavy (non-hydrogen) atoms. The van der Waals surface area contributed by atoms with E-state index in [4.69, 9.17) is 9.15 Å². The molecule has 2 heterocycles. The van der Waals surface area contributed by atoms with E-state index < -0.39 is 0 Å². The Labute approximate surface area is 182 Å². The monoisotopic (exact) mass is 437 g/mol. The highest BCUT2D eigenvalue weighted by atomic mass is 32.1. The number of rotatable bonds is 7. The summed E-state index contributed by atoms with van der Waals surface area (Å²) in [4.78, 5) is 22.1. The van der Waals surface area contributed by atoms with Crippen LogP contribution in [-0.2, 0) is 11.2 Å². The van der Waals surface area contributed by atoms with E-state index in [9.17, 15) is 9.18 Å². The molecule has 0 radical (unpaired) electrons. The van der Waals surface area contributed by atoms with Gasteiger partial charge in [0.1, 0.15) is 11.6 Å². The summed E-state index contributed by atoms with van der Waals surface area (Å²) in [5, 5.41) is 3.36. The number of oxazole rings is 1. The van der Waals surface area contributed by atoms with Crippen LogP contribution in [0.3, 0.4) is 0 Å². The lowest BCUT2D eigenvalue weighted by Crippen LogP contribution is -2.12. The zero-order valence-electron chi connectivity index (χ0n) is 17.0. The van der Waals surface area contributed by atoms with Gasteiger partial charge in [0.2, 0.25) is 5.91 Å². The Balaban J connectivity index is 1.37. The minimum absolute atomic E-state index is 0.174. The molecule has 0 saturated heterocycles. The number of nitrogens with zero attached hydrogens (tertiary/aromatic N) is 2. The third-order valence-electron chi connectivity index (χ3n) is 4.67. The molecular formula is C23H20FN3O3S. The fraction of sp³-hybridized carbons (Fsp3) is 0.174. The number of aromatic nitrogens is 2. The maximum absolute atomic E-state index is 13.9. The summed E-state index contributed by atoms with van der Waals surface area (Å²) in [5.74, 6) is 0.918. The molecule has 1 N–H and O–H groups in total. The minimum Gasteiger partial charge on any atom is -0.497 e. The quantitative estimate of drug-likeness (QED) is 0.414. The number of nitrogens with one attached hydrogen (secondary N) is 1. The van der Waals surface area contributed by atoms with Gasteiger partial charge in [-0.15, -0.1) is 11.3 Å². The van der Waals surface area contributed by atoms with E-state index in [1.54, 1.807) is 25.3 Å². The van der Waals surface area contributed by atoms with Crippen LogP contribution in [0.4, 0.5) is 9.52 Å². The standard InChI is InChI=1S/C23H20FN3O3S/c1-14-22(15-7-9-16(29-2)10-8-15)27-23(31-14)26-20(28)11-12-21-25-13-19(30-21)17-5-3-4-6-18(17)24/h3-10,13H,11-12H2,1-2H3,(H,26,27,28). The molecule has 8 heteroatoms. The molecular weight excluding hydrogens is 417 g/mol. The first-order valence-corrected chi connectivity index (χ1v) is 10.5. The molecule has 0 aliphatic rings. The lowest BCUT2D eigenvalue weighted by atomic mass is 10.1. The van der Waals surface area contributed by atoms with Gasteiger partial charge in [0, 0.05) is 23.3 Å². The first kappa shape index (κ1) is 20.7. The number of halogens is 1. The van der Waals surface area contributed by atoms with Crippen molar-refractivity contribution in [2.24, 2.45) is 0 Å². The second-order valence-corrected chi connectivity index (χ2v) is 8.00. The molecule has 0 bridgehead atoms. The van der Waals surface area contributed by atoms with Crippen LogP contribution in [0.25, 0.3) is 22.6 Å². The zero-order valence-corrected chi connectivity index (χ0v) is 17.8. The van der Waals surface area contributed by atoms with E-state index in [0.29, 0.717) is 28.8 Å². The second kappa shape index (κ2) is 9.09. The SMILES string of the molecule is COc1ccc(-c2nc(NC(=O)CCc3ncc(-c4ccccc4F)o3)sc2C)cc1. The second-order valence-electron chi connectivity index (χ2n) is 6.80. The molecule has 0 unspecified atom stereocenters. The van der Waals surface area contributed by atoms with E-state index in [2.05, 4.69) is 15.3 Å². The van der Waals surface area contributed by atoms with Crippen LogP contribution in [0.5, 0.6) is 5.75 Å². The third kappa shape index (κ3) is 4.80. The molecule has 2 aromatic carbocycles. The number of amides is 1. The molecule has 4 aromatic rings. The summed E-state index contributed by atoms with van der Waals surface area (Å²) in [6, 6.07) is 13.9. The van der Waals surface area contributed by atoms with Crippen molar-refractivity contribution in [1.29, 1.82) is 0 Å². The fourth-order valence-electron chi connectivity index (χ4n) is 3.08. The number of hydrogen-bond acceptors (Lipinski definition) is 6. The van der Waals surface area contributed by atoms with Gasteiger partial charge in [-0.1, -0.05) is 12.1 Å². The van der Waals surface area contributed by atoms with Gasteiger partial charge in [-0.25, -0.2) is 14.4 Å². The summed E-state index contributed by atoms with van der Waals surface area (Å²) in [7, 11) is 1.62. The molecule has 0 aliphatic carbocycles. The van der Waals surface area contributed by atoms with Crippen molar-refractivity contribution < 1.29 is 18.3 Å². The first-order valence-electron chi connectivity index (χ1n) is 9.65. The average Bonchev–Trinajstić information content (AvgIpc) is 3.39. The number of methoxy groups -OCH3 is 1. The number of benzene rings is 2. The topological polar surface area (TPSA) is 77.2 Å². The summed E-state index contributed by atoms with van der Waals surface area (Å²) in [5.41, 5.74) is 2.12. The normalized spacial score (nSPS) is 10.8. The Bertz CT molecular complexity index is 1200. The Morgan fingerprint density at radius 2 is 1.97 bits per heavy atom. The van der Waals surface area contributed by atoms with E-state index >= 15 is 0 Å². The molecule has 0 fully saturated rings. The van der Waals surface area contributed by atoms with Crippen LogP contribution in [0.15, 0.2) is 59.1 Å². The van der Waals surface area contributed by atoms with Crippen molar-refractivity contribution in [3.63, 3.8) is 0 Å². The largest absolute Gasteiger partial charge is 0.497 e. The van der Waals surface area contributed by atoms with Gasteiger partial charge in [-0.3, -0.25) is 4.79 Å². The lowest BCUT2D eigenvalue weighted by Gasteiger charge is -2.02. The van der Waals surface area contributed by atoms with Crippen molar-refractivity contribution >= 4 is 22.4 Å². The van der Waals surface area contributed by atoms with Gasteiger partial charge in [0.25, 0.3) is 0 Å². The van der Waals surface area contributed by atoms with Crippen LogP contribution < -0.4 is 10.1 Å². The van der Waals surface area contributed by atoms with E-state index in [-0.39, 0.29) is 18.1 Å². The Kier molecular flexibility index (Phi) is 6.08. The van der Waals surface area contributed by atoms with Crippen LogP contribution in [0.2, 0.25) is 0 Å². The summed E-state index contributed by atoms with van der Waals surface area (Å²) in [6.45, 7) is 1.96. The molecule has 4 rings (SSSR count). The summed E-state index contributed by atoms with van der Waals surface area (Å²) < 4.78 is 24.7. The van der Waals surface area contributed by atoms with Gasteiger partial charge in [0.05, 0.1) is 24.6 Å². The van der Waals surface area contributed by atoms with Crippen LogP contribution in [-0.4, -0.2) is 23.0 Å². The number of ether oxygens (including phenoxy) is 1. The number of carbonyl (C=O) groups excluding carboxylic acids is 1. The van der Waals surface area contributed by atoms with Crippen molar-refractivity contribution in [3.05, 3.63) is 71.3 Å². The maximum atomic E-state index is 13.9. The zero-order chi connectivity index (χ0) is 21.8. The van der Waals surface area contributed by atoms with Crippen molar-refractivity contribution in [1.82, 2.24) is 9.97 Å². The number of carbonyl (C=O) groups is 1. The average molecular weight is 437 g/mol. The number of hydrogen-bond donors (Lipinski definition) is 1. The molecule has 6 nitrogen and oxygen atoms in total. The summed E-state index contributed by atoms with van der Waals surface area (Å²) >= 11 is 1.42. The molecule has 1 amide bonds. The number of thiazole rings is 1. The molecule has 158 valence electrons. The van der Waals surface area contributed by atoms with Crippen molar-refractivity contribution in [3.8, 4) is 28.3 Å². The van der Waals surface area contributed by atoms with Gasteiger partial charge < -0.3 is 14.5 Å². The van der Waals surface area contributed by atoms with Crippen molar-refractivity contribution in [2.75, 3.05) is 12.4 Å². The van der Waals surface area contributed by atoms with Gasteiger partial charge in [-0.2, -0.15) is 0 Å². The molecule has 0 spiro atoms. The van der Waals surface area contributed by atoms with E-state index in [1.165, 1.54) is 23.6 Å². The number of aryl methyl sites for hydroxylation is 2. The van der Waals surface area contributed by atoms with Crippen LogP contribution >= 0.6 is 11.3 Å². The Morgan fingerprint density at radius 3 is 2.71 bits per heavy atom. The van der Waals surface area contributed by atoms with Gasteiger partial charge >= 0.3 is 0 Å². The van der Waals surface area contributed by atoms with E-state index in [0.717, 1.165) is 21.9 Å². The predicted octanol–water partition coefficient (Wildman–Crippen LogP) is 5.49. The maximum Gasteiger partial charge on any atom is 0.226 e. The molecule has 0 aliphatic heterocycles. The molecule has 2 aromatic heterocycles. The predicted molar refractivity (Wildman–Crippen MR) is 118 cm³/mol. The van der Waals surface area contributed by atoms with Crippen LogP contribution in [0, 0.1) is 12.7 Å². The van der Waals surface area contributed by atoms with Crippen LogP contribution in [0.1, 0.15) is 17.2 Å². The van der Waals surface area contributed by atoms with Gasteiger partial charge in [-0.05, 0) is 43.3 Å². The highest BCUT2D eigenvalue weighted by Crippen LogP contribution is 2.31. The lowest BCUT2D eigenvalue weighted by molar-refractivity contribution is -0.116. The first-order chi connectivity index (χ1) is 15.0. The molecule has 0 saturated carbocycles. The minimum atomic E-state index is -0.380. The van der Waals surface area contributed by atoms with E-state index in [1.807, 2.05) is 31.2 Å². The highest BCUT2D eigenvalue weighted by Gasteiger charge is 2.14. The van der Waals surface area contributed by atoms with Crippen molar-refractivity contribution in [2.45, 2.75) is 19.8 Å².